The van der Waals surface area contributed by atoms with Gasteiger partial charge in [0.25, 0.3) is 5.91 Å². The lowest BCUT2D eigenvalue weighted by Crippen LogP contribution is -2.21. The average molecular weight is 360 g/mol. The molecule has 0 radical (unpaired) electrons. The Morgan fingerprint density at radius 1 is 1.36 bits per heavy atom. The second-order valence-electron chi connectivity index (χ2n) is 4.15. The van der Waals surface area contributed by atoms with Crippen molar-refractivity contribution in [3.05, 3.63) is 38.8 Å². The summed E-state index contributed by atoms with van der Waals surface area (Å²) in [6.45, 7) is 1.41. The van der Waals surface area contributed by atoms with E-state index in [1.54, 1.807) is 12.1 Å². The maximum atomic E-state index is 11.8. The number of esters is 1. The van der Waals surface area contributed by atoms with Crippen LogP contribution in [0.4, 0.5) is 5.69 Å². The van der Waals surface area contributed by atoms with Crippen molar-refractivity contribution in [3.8, 4) is 0 Å². The van der Waals surface area contributed by atoms with Gasteiger partial charge in [0.2, 0.25) is 0 Å². The van der Waals surface area contributed by atoms with Crippen molar-refractivity contribution in [1.29, 1.82) is 0 Å². The van der Waals surface area contributed by atoms with Crippen molar-refractivity contribution < 1.29 is 14.3 Å². The SMILES string of the molecule is CCc1nnsc1C(=O)OCC(=O)Nc1cc(Cl)ccc1Cl. The van der Waals surface area contributed by atoms with Crippen LogP contribution >= 0.6 is 34.7 Å². The summed E-state index contributed by atoms with van der Waals surface area (Å²) >= 11 is 12.7. The molecule has 1 N–H and O–H groups in total. The first-order valence-electron chi connectivity index (χ1n) is 6.24. The van der Waals surface area contributed by atoms with Gasteiger partial charge in [-0.1, -0.05) is 34.6 Å². The molecule has 0 saturated heterocycles. The number of hydrogen-bond donors (Lipinski definition) is 1. The zero-order valence-electron chi connectivity index (χ0n) is 11.4. The number of aromatic nitrogens is 2. The fourth-order valence-electron chi connectivity index (χ4n) is 1.57. The van der Waals surface area contributed by atoms with Crippen LogP contribution in [0, 0.1) is 0 Å². The molecular weight excluding hydrogens is 349 g/mol. The average Bonchev–Trinajstić information content (AvgIpc) is 2.97. The number of aryl methyl sites for hydroxylation is 1. The van der Waals surface area contributed by atoms with Crippen molar-refractivity contribution in [3.63, 3.8) is 0 Å². The Labute approximate surface area is 140 Å². The van der Waals surface area contributed by atoms with E-state index in [9.17, 15) is 9.59 Å². The molecule has 0 fully saturated rings. The first-order valence-corrected chi connectivity index (χ1v) is 7.77. The van der Waals surface area contributed by atoms with Gasteiger partial charge in [0.1, 0.15) is 0 Å². The Morgan fingerprint density at radius 3 is 2.86 bits per heavy atom. The van der Waals surface area contributed by atoms with Gasteiger partial charge in [0.15, 0.2) is 11.5 Å². The molecule has 0 aliphatic heterocycles. The van der Waals surface area contributed by atoms with Gasteiger partial charge in [0, 0.05) is 5.02 Å². The highest BCUT2D eigenvalue weighted by molar-refractivity contribution is 7.07. The molecule has 2 aromatic rings. The number of benzene rings is 1. The molecule has 0 saturated carbocycles. The van der Waals surface area contributed by atoms with Gasteiger partial charge in [-0.3, -0.25) is 4.79 Å². The summed E-state index contributed by atoms with van der Waals surface area (Å²) in [6.07, 6.45) is 0.561. The Kier molecular flexibility index (Phi) is 5.70. The summed E-state index contributed by atoms with van der Waals surface area (Å²) < 4.78 is 8.62. The Morgan fingerprint density at radius 2 is 2.14 bits per heavy atom. The molecule has 0 aliphatic rings. The predicted octanol–water partition coefficient (Wildman–Crippen LogP) is 3.20. The Hall–Kier alpha value is -1.70. The topological polar surface area (TPSA) is 81.2 Å². The number of rotatable bonds is 5. The summed E-state index contributed by atoms with van der Waals surface area (Å²) in [5.41, 5.74) is 0.900. The molecule has 1 aromatic heterocycles. The lowest BCUT2D eigenvalue weighted by Gasteiger charge is -2.08. The normalized spacial score (nSPS) is 10.3. The van der Waals surface area contributed by atoms with Gasteiger partial charge in [-0.25, -0.2) is 4.79 Å². The zero-order chi connectivity index (χ0) is 16.1. The van der Waals surface area contributed by atoms with Crippen molar-refractivity contribution in [2.24, 2.45) is 0 Å². The second-order valence-corrected chi connectivity index (χ2v) is 5.75. The summed E-state index contributed by atoms with van der Waals surface area (Å²) in [5.74, 6) is -1.15. The zero-order valence-corrected chi connectivity index (χ0v) is 13.8. The number of anilines is 1. The van der Waals surface area contributed by atoms with Gasteiger partial charge in [-0.2, -0.15) is 0 Å². The van der Waals surface area contributed by atoms with E-state index in [1.165, 1.54) is 6.07 Å². The predicted molar refractivity (Wildman–Crippen MR) is 84.7 cm³/mol. The molecule has 1 heterocycles. The first-order chi connectivity index (χ1) is 10.5. The van der Waals surface area contributed by atoms with Crippen LogP contribution in [0.15, 0.2) is 18.2 Å². The van der Waals surface area contributed by atoms with Gasteiger partial charge >= 0.3 is 5.97 Å². The van der Waals surface area contributed by atoms with Gasteiger partial charge in [-0.05, 0) is 36.2 Å². The van der Waals surface area contributed by atoms with E-state index in [0.29, 0.717) is 32.7 Å². The second kappa shape index (κ2) is 7.53. The number of amides is 1. The minimum Gasteiger partial charge on any atom is -0.451 e. The highest BCUT2D eigenvalue weighted by Crippen LogP contribution is 2.25. The molecule has 0 atom stereocenters. The van der Waals surface area contributed by atoms with E-state index in [-0.39, 0.29) is 0 Å². The maximum Gasteiger partial charge on any atom is 0.352 e. The standard InChI is InChI=1S/C13H11Cl2N3O3S/c1-2-9-12(22-18-17-9)13(20)21-6-11(19)16-10-5-7(14)3-4-8(10)15/h3-5H,2,6H2,1H3,(H,16,19). The number of carbonyl (C=O) groups excluding carboxylic acids is 2. The van der Waals surface area contributed by atoms with Gasteiger partial charge in [0.05, 0.1) is 16.4 Å². The number of nitrogens with one attached hydrogen (secondary N) is 1. The van der Waals surface area contributed by atoms with Gasteiger partial charge in [-0.15, -0.1) is 5.10 Å². The van der Waals surface area contributed by atoms with E-state index in [0.717, 1.165) is 11.5 Å². The van der Waals surface area contributed by atoms with Crippen molar-refractivity contribution >= 4 is 52.3 Å². The number of nitrogens with zero attached hydrogens (tertiary/aromatic N) is 2. The first kappa shape index (κ1) is 16.7. The maximum absolute atomic E-state index is 11.8. The number of halogens is 2. The molecule has 0 aliphatic carbocycles. The third-order valence-corrected chi connectivity index (χ3v) is 3.93. The number of hydrogen-bond acceptors (Lipinski definition) is 6. The third-order valence-electron chi connectivity index (χ3n) is 2.61. The molecular formula is C13H11Cl2N3O3S. The summed E-state index contributed by atoms with van der Waals surface area (Å²) in [4.78, 5) is 23.9. The summed E-state index contributed by atoms with van der Waals surface area (Å²) in [5, 5.41) is 7.09. The van der Waals surface area contributed by atoms with E-state index in [4.69, 9.17) is 27.9 Å². The molecule has 22 heavy (non-hydrogen) atoms. The van der Waals surface area contributed by atoms with Crippen LogP contribution in [0.1, 0.15) is 22.3 Å². The van der Waals surface area contributed by atoms with Crippen LogP contribution in [0.2, 0.25) is 10.0 Å². The molecule has 0 spiro atoms. The molecule has 2 rings (SSSR count). The molecule has 1 amide bonds. The number of ether oxygens (including phenoxy) is 1. The highest BCUT2D eigenvalue weighted by atomic mass is 35.5. The van der Waals surface area contributed by atoms with Crippen LogP contribution in [0.5, 0.6) is 0 Å². The van der Waals surface area contributed by atoms with Crippen LogP contribution in [0.3, 0.4) is 0 Å². The fourth-order valence-corrected chi connectivity index (χ4v) is 2.55. The lowest BCUT2D eigenvalue weighted by atomic mass is 10.3. The number of carbonyl (C=O) groups is 2. The Balaban J connectivity index is 1.93. The smallest absolute Gasteiger partial charge is 0.352 e. The van der Waals surface area contributed by atoms with Crippen LogP contribution in [0.25, 0.3) is 0 Å². The van der Waals surface area contributed by atoms with Crippen LogP contribution in [-0.4, -0.2) is 28.1 Å². The van der Waals surface area contributed by atoms with Gasteiger partial charge < -0.3 is 10.1 Å². The lowest BCUT2D eigenvalue weighted by molar-refractivity contribution is -0.119. The highest BCUT2D eigenvalue weighted by Gasteiger charge is 2.18. The summed E-state index contributed by atoms with van der Waals surface area (Å²) in [7, 11) is 0. The minimum atomic E-state index is -0.626. The largest absolute Gasteiger partial charge is 0.451 e. The van der Waals surface area contributed by atoms with Crippen LogP contribution in [-0.2, 0) is 16.0 Å². The monoisotopic (exact) mass is 359 g/mol. The molecule has 1 aromatic carbocycles. The molecule has 9 heteroatoms. The van der Waals surface area contributed by atoms with Crippen LogP contribution < -0.4 is 5.32 Å². The summed E-state index contributed by atoms with van der Waals surface area (Å²) in [6, 6.07) is 4.66. The van der Waals surface area contributed by atoms with Crippen molar-refractivity contribution in [2.45, 2.75) is 13.3 Å². The Bertz CT molecular complexity index is 706. The fraction of sp³-hybridized carbons (Fsp3) is 0.231. The quantitative estimate of drug-likeness (QED) is 0.828. The molecule has 0 bridgehead atoms. The van der Waals surface area contributed by atoms with E-state index >= 15 is 0 Å². The van der Waals surface area contributed by atoms with E-state index < -0.39 is 18.5 Å². The van der Waals surface area contributed by atoms with E-state index in [1.807, 2.05) is 6.92 Å². The molecule has 6 nitrogen and oxygen atoms in total. The third kappa shape index (κ3) is 4.16. The molecule has 0 unspecified atom stereocenters. The van der Waals surface area contributed by atoms with Crippen molar-refractivity contribution in [2.75, 3.05) is 11.9 Å². The molecule has 116 valence electrons. The minimum absolute atomic E-state index is 0.302. The van der Waals surface area contributed by atoms with E-state index in [2.05, 4.69) is 14.9 Å². The van der Waals surface area contributed by atoms with Crippen molar-refractivity contribution in [1.82, 2.24) is 9.59 Å².